The summed E-state index contributed by atoms with van der Waals surface area (Å²) < 4.78 is 19.1. The van der Waals surface area contributed by atoms with E-state index in [2.05, 4.69) is 10.3 Å². The Kier molecular flexibility index (Phi) is 4.71. The van der Waals surface area contributed by atoms with Crippen LogP contribution in [0.5, 0.6) is 11.6 Å². The minimum Gasteiger partial charge on any atom is -0.436 e. The fourth-order valence-corrected chi connectivity index (χ4v) is 1.73. The normalized spacial score (nSPS) is 10.5. The molecule has 3 nitrogen and oxygen atoms in total. The summed E-state index contributed by atoms with van der Waals surface area (Å²) in [4.78, 5) is 4.05. The molecule has 0 unspecified atom stereocenters. The standard InChI is InChI=1S/C14H14ClFN2O/c1-2-17-9-10-6-7-18-13(8-10)19-12-5-3-4-11(15)14(12)16/h3-8,17H,2,9H2,1H3. The SMILES string of the molecule is CCNCc1ccnc(Oc2cccc(Cl)c2F)c1. The van der Waals surface area contributed by atoms with Gasteiger partial charge in [-0.2, -0.15) is 0 Å². The monoisotopic (exact) mass is 280 g/mol. The first kappa shape index (κ1) is 13.8. The van der Waals surface area contributed by atoms with E-state index in [1.807, 2.05) is 13.0 Å². The number of halogens is 2. The Morgan fingerprint density at radius 1 is 1.37 bits per heavy atom. The van der Waals surface area contributed by atoms with E-state index in [1.165, 1.54) is 12.1 Å². The lowest BCUT2D eigenvalue weighted by molar-refractivity contribution is 0.427. The van der Waals surface area contributed by atoms with Crippen LogP contribution in [0.3, 0.4) is 0 Å². The van der Waals surface area contributed by atoms with Crippen molar-refractivity contribution in [2.24, 2.45) is 0 Å². The number of benzene rings is 1. The van der Waals surface area contributed by atoms with Gasteiger partial charge in [0.15, 0.2) is 11.6 Å². The van der Waals surface area contributed by atoms with Crippen LogP contribution in [0.1, 0.15) is 12.5 Å². The fraction of sp³-hybridized carbons (Fsp3) is 0.214. The van der Waals surface area contributed by atoms with Crippen molar-refractivity contribution < 1.29 is 9.13 Å². The summed E-state index contributed by atoms with van der Waals surface area (Å²) in [5.41, 5.74) is 1.02. The largest absolute Gasteiger partial charge is 0.436 e. The van der Waals surface area contributed by atoms with E-state index in [1.54, 1.807) is 18.3 Å². The summed E-state index contributed by atoms with van der Waals surface area (Å²) in [6.45, 7) is 3.62. The topological polar surface area (TPSA) is 34.2 Å². The van der Waals surface area contributed by atoms with E-state index in [0.717, 1.165) is 12.1 Å². The second kappa shape index (κ2) is 6.50. The Balaban J connectivity index is 2.16. The molecule has 0 saturated heterocycles. The molecule has 1 heterocycles. The van der Waals surface area contributed by atoms with Crippen LogP contribution in [0, 0.1) is 5.82 Å². The average molecular weight is 281 g/mol. The van der Waals surface area contributed by atoms with Crippen molar-refractivity contribution in [1.82, 2.24) is 10.3 Å². The van der Waals surface area contributed by atoms with Crippen molar-refractivity contribution in [2.45, 2.75) is 13.5 Å². The van der Waals surface area contributed by atoms with Gasteiger partial charge in [-0.1, -0.05) is 24.6 Å². The third-order valence-corrected chi connectivity index (χ3v) is 2.80. The van der Waals surface area contributed by atoms with E-state index >= 15 is 0 Å². The zero-order valence-corrected chi connectivity index (χ0v) is 11.2. The molecule has 0 atom stereocenters. The molecule has 0 aliphatic carbocycles. The van der Waals surface area contributed by atoms with Crippen LogP contribution in [0.2, 0.25) is 5.02 Å². The molecule has 2 aromatic rings. The summed E-state index contributed by atoms with van der Waals surface area (Å²) in [5, 5.41) is 3.23. The van der Waals surface area contributed by atoms with Crippen LogP contribution in [-0.4, -0.2) is 11.5 Å². The molecule has 0 spiro atoms. The zero-order chi connectivity index (χ0) is 13.7. The lowest BCUT2D eigenvalue weighted by atomic mass is 10.2. The summed E-state index contributed by atoms with van der Waals surface area (Å²) in [7, 11) is 0. The van der Waals surface area contributed by atoms with Crippen molar-refractivity contribution in [3.05, 3.63) is 52.9 Å². The molecule has 0 saturated carbocycles. The van der Waals surface area contributed by atoms with Gasteiger partial charge >= 0.3 is 0 Å². The molecule has 100 valence electrons. The lowest BCUT2D eigenvalue weighted by Crippen LogP contribution is -2.11. The number of hydrogen-bond acceptors (Lipinski definition) is 3. The van der Waals surface area contributed by atoms with Gasteiger partial charge in [0.05, 0.1) is 5.02 Å². The summed E-state index contributed by atoms with van der Waals surface area (Å²) in [6.07, 6.45) is 1.63. The van der Waals surface area contributed by atoms with Gasteiger partial charge < -0.3 is 10.1 Å². The van der Waals surface area contributed by atoms with Gasteiger partial charge in [-0.05, 0) is 30.3 Å². The van der Waals surface area contributed by atoms with Crippen LogP contribution in [0.4, 0.5) is 4.39 Å². The quantitative estimate of drug-likeness (QED) is 0.905. The molecular formula is C14H14ClFN2O. The predicted molar refractivity (Wildman–Crippen MR) is 73.1 cm³/mol. The van der Waals surface area contributed by atoms with Gasteiger partial charge in [-0.15, -0.1) is 0 Å². The maximum absolute atomic E-state index is 13.7. The molecule has 19 heavy (non-hydrogen) atoms. The molecule has 1 aromatic heterocycles. The number of rotatable bonds is 5. The smallest absolute Gasteiger partial charge is 0.219 e. The first-order valence-electron chi connectivity index (χ1n) is 5.98. The predicted octanol–water partition coefficient (Wildman–Crippen LogP) is 3.78. The van der Waals surface area contributed by atoms with Gasteiger partial charge in [0, 0.05) is 18.8 Å². The van der Waals surface area contributed by atoms with Crippen LogP contribution >= 0.6 is 11.6 Å². The number of nitrogens with zero attached hydrogens (tertiary/aromatic N) is 1. The highest BCUT2D eigenvalue weighted by Gasteiger charge is 2.09. The van der Waals surface area contributed by atoms with E-state index in [9.17, 15) is 4.39 Å². The molecule has 2 rings (SSSR count). The third-order valence-electron chi connectivity index (χ3n) is 2.51. The van der Waals surface area contributed by atoms with Crippen molar-refractivity contribution in [1.29, 1.82) is 0 Å². The van der Waals surface area contributed by atoms with E-state index in [0.29, 0.717) is 12.4 Å². The molecule has 0 amide bonds. The highest BCUT2D eigenvalue weighted by Crippen LogP contribution is 2.27. The van der Waals surface area contributed by atoms with Gasteiger partial charge in [0.1, 0.15) is 0 Å². The highest BCUT2D eigenvalue weighted by molar-refractivity contribution is 6.30. The fourth-order valence-electron chi connectivity index (χ4n) is 1.56. The first-order valence-corrected chi connectivity index (χ1v) is 6.36. The number of hydrogen-bond donors (Lipinski definition) is 1. The molecule has 0 fully saturated rings. The minimum absolute atomic E-state index is 0.0290. The Bertz CT molecular complexity index is 563. The van der Waals surface area contributed by atoms with E-state index in [-0.39, 0.29) is 10.8 Å². The zero-order valence-electron chi connectivity index (χ0n) is 10.5. The van der Waals surface area contributed by atoms with Gasteiger partial charge in [0.2, 0.25) is 5.88 Å². The van der Waals surface area contributed by atoms with Gasteiger partial charge in [-0.3, -0.25) is 0 Å². The lowest BCUT2D eigenvalue weighted by Gasteiger charge is -2.08. The Morgan fingerprint density at radius 3 is 3.00 bits per heavy atom. The van der Waals surface area contributed by atoms with E-state index < -0.39 is 5.82 Å². The molecular weight excluding hydrogens is 267 g/mol. The Labute approximate surface area is 116 Å². The minimum atomic E-state index is -0.581. The molecule has 1 aromatic carbocycles. The molecule has 5 heteroatoms. The molecule has 0 bridgehead atoms. The second-order valence-electron chi connectivity index (χ2n) is 3.94. The summed E-state index contributed by atoms with van der Waals surface area (Å²) in [6, 6.07) is 8.26. The number of pyridine rings is 1. The Morgan fingerprint density at radius 2 is 2.21 bits per heavy atom. The van der Waals surface area contributed by atoms with Crippen LogP contribution in [0.15, 0.2) is 36.5 Å². The molecule has 0 aliphatic heterocycles. The van der Waals surface area contributed by atoms with Gasteiger partial charge in [-0.25, -0.2) is 9.37 Å². The number of ether oxygens (including phenoxy) is 1. The maximum atomic E-state index is 13.7. The first-order chi connectivity index (χ1) is 9.20. The molecule has 0 radical (unpaired) electrons. The van der Waals surface area contributed by atoms with E-state index in [4.69, 9.17) is 16.3 Å². The average Bonchev–Trinajstić information content (AvgIpc) is 2.42. The number of nitrogens with one attached hydrogen (secondary N) is 1. The van der Waals surface area contributed by atoms with Gasteiger partial charge in [0.25, 0.3) is 0 Å². The highest BCUT2D eigenvalue weighted by atomic mass is 35.5. The van der Waals surface area contributed by atoms with Crippen molar-refractivity contribution in [3.8, 4) is 11.6 Å². The summed E-state index contributed by atoms with van der Waals surface area (Å²) in [5.74, 6) is -0.166. The van der Waals surface area contributed by atoms with Crippen molar-refractivity contribution in [3.63, 3.8) is 0 Å². The molecule has 0 aliphatic rings. The maximum Gasteiger partial charge on any atom is 0.219 e. The van der Waals surface area contributed by atoms with Crippen LogP contribution in [-0.2, 0) is 6.54 Å². The van der Waals surface area contributed by atoms with Crippen molar-refractivity contribution >= 4 is 11.6 Å². The third kappa shape index (κ3) is 3.66. The number of aromatic nitrogens is 1. The van der Waals surface area contributed by atoms with Crippen LogP contribution in [0.25, 0.3) is 0 Å². The summed E-state index contributed by atoms with van der Waals surface area (Å²) >= 11 is 5.69. The second-order valence-corrected chi connectivity index (χ2v) is 4.34. The molecule has 1 N–H and O–H groups in total. The van der Waals surface area contributed by atoms with Crippen LogP contribution < -0.4 is 10.1 Å². The Hall–Kier alpha value is -1.65. The van der Waals surface area contributed by atoms with Crippen molar-refractivity contribution in [2.75, 3.05) is 6.54 Å².